The van der Waals surface area contributed by atoms with E-state index in [2.05, 4.69) is 21.2 Å². The Kier molecular flexibility index (Phi) is 2.25. The Labute approximate surface area is 76.9 Å². The van der Waals surface area contributed by atoms with Gasteiger partial charge in [-0.2, -0.15) is 0 Å². The minimum absolute atomic E-state index is 0.759. The molecule has 0 spiro atoms. The van der Waals surface area contributed by atoms with Crippen LogP contribution in [0.25, 0.3) is 0 Å². The highest BCUT2D eigenvalue weighted by molar-refractivity contribution is 9.11. The number of hydrogen-bond donors (Lipinski definition) is 2. The highest BCUT2D eigenvalue weighted by Gasteiger charge is 2.33. The molecule has 0 amide bonds. The van der Waals surface area contributed by atoms with Crippen molar-refractivity contribution in [1.82, 2.24) is 5.32 Å². The Morgan fingerprint density at radius 3 is 2.82 bits per heavy atom. The summed E-state index contributed by atoms with van der Waals surface area (Å²) in [5.74, 6) is -1.12. The first kappa shape index (κ1) is 8.62. The average molecular weight is 238 g/mol. The molecule has 11 heavy (non-hydrogen) atoms. The molecule has 0 bridgehead atoms. The van der Waals surface area contributed by atoms with Crippen LogP contribution in [0.15, 0.2) is 22.8 Å². The molecule has 0 saturated heterocycles. The van der Waals surface area contributed by atoms with Crippen molar-refractivity contribution in [2.75, 3.05) is 0 Å². The molecule has 3 nitrogen and oxygen atoms in total. The molecule has 0 fully saturated rings. The molecule has 1 atom stereocenters. The zero-order valence-electron chi connectivity index (χ0n) is 5.34. The largest absolute Gasteiger partial charge is 0.478 e. The number of aliphatic carboxylic acids is 1. The number of carboxylic acid groups (broad SMARTS) is 1. The van der Waals surface area contributed by atoms with Gasteiger partial charge in [0.05, 0.1) is 0 Å². The average Bonchev–Trinajstić information content (AvgIpc) is 1.95. The third-order valence-electron chi connectivity index (χ3n) is 1.20. The first-order valence-electron chi connectivity index (χ1n) is 2.79. The summed E-state index contributed by atoms with van der Waals surface area (Å²) in [7, 11) is 0. The topological polar surface area (TPSA) is 49.3 Å². The van der Waals surface area contributed by atoms with Crippen LogP contribution in [0.4, 0.5) is 0 Å². The van der Waals surface area contributed by atoms with Crippen molar-refractivity contribution in [1.29, 1.82) is 0 Å². The van der Waals surface area contributed by atoms with Crippen molar-refractivity contribution in [3.63, 3.8) is 0 Å². The molecule has 5 heteroatoms. The third-order valence-corrected chi connectivity index (χ3v) is 2.09. The first-order chi connectivity index (χ1) is 5.04. The van der Waals surface area contributed by atoms with Gasteiger partial charge in [0.2, 0.25) is 5.00 Å². The fourth-order valence-corrected chi connectivity index (χ4v) is 0.962. The van der Waals surface area contributed by atoms with E-state index in [1.54, 1.807) is 6.08 Å². The lowest BCUT2D eigenvalue weighted by atomic mass is 10.2. The maximum absolute atomic E-state index is 10.5. The van der Waals surface area contributed by atoms with Gasteiger partial charge >= 0.3 is 5.97 Å². The molecule has 1 heterocycles. The van der Waals surface area contributed by atoms with Crippen LogP contribution < -0.4 is 5.32 Å². The maximum atomic E-state index is 10.5. The Balaban J connectivity index is 2.82. The molecule has 0 aliphatic carbocycles. The predicted octanol–water partition coefficient (Wildman–Crippen LogP) is 1.40. The lowest BCUT2D eigenvalue weighted by Gasteiger charge is -2.21. The van der Waals surface area contributed by atoms with E-state index in [1.165, 1.54) is 12.3 Å². The minimum Gasteiger partial charge on any atom is -0.478 e. The van der Waals surface area contributed by atoms with E-state index < -0.39 is 11.0 Å². The SMILES string of the molecule is O=C(O)C1(Cl)C=CC(Br)=CN1. The summed E-state index contributed by atoms with van der Waals surface area (Å²) in [6.07, 6.45) is 4.43. The van der Waals surface area contributed by atoms with Gasteiger partial charge in [0.1, 0.15) is 0 Å². The number of nitrogens with one attached hydrogen (secondary N) is 1. The second-order valence-electron chi connectivity index (χ2n) is 2.02. The highest BCUT2D eigenvalue weighted by Crippen LogP contribution is 2.21. The fraction of sp³-hybridized carbons (Fsp3) is 0.167. The van der Waals surface area contributed by atoms with Gasteiger partial charge in [-0.15, -0.1) is 0 Å². The summed E-state index contributed by atoms with van der Waals surface area (Å²) in [6, 6.07) is 0. The van der Waals surface area contributed by atoms with Crippen molar-refractivity contribution in [3.05, 3.63) is 22.8 Å². The van der Waals surface area contributed by atoms with Gasteiger partial charge in [0.25, 0.3) is 0 Å². The van der Waals surface area contributed by atoms with Crippen molar-refractivity contribution in [2.24, 2.45) is 0 Å². The highest BCUT2D eigenvalue weighted by atomic mass is 79.9. The summed E-state index contributed by atoms with van der Waals surface area (Å²) >= 11 is 8.76. The van der Waals surface area contributed by atoms with Gasteiger partial charge in [-0.1, -0.05) is 11.6 Å². The van der Waals surface area contributed by atoms with Crippen LogP contribution in [0.3, 0.4) is 0 Å². The number of hydrogen-bond acceptors (Lipinski definition) is 2. The number of rotatable bonds is 1. The molecule has 1 unspecified atom stereocenters. The normalized spacial score (nSPS) is 29.1. The summed E-state index contributed by atoms with van der Waals surface area (Å²) in [6.45, 7) is 0. The lowest BCUT2D eigenvalue weighted by molar-refractivity contribution is -0.139. The van der Waals surface area contributed by atoms with Crippen LogP contribution in [-0.4, -0.2) is 16.1 Å². The number of alkyl halides is 1. The zero-order valence-corrected chi connectivity index (χ0v) is 7.69. The van der Waals surface area contributed by atoms with Crippen LogP contribution in [-0.2, 0) is 4.79 Å². The van der Waals surface area contributed by atoms with Gasteiger partial charge in [0.15, 0.2) is 0 Å². The van der Waals surface area contributed by atoms with E-state index in [-0.39, 0.29) is 0 Å². The quantitative estimate of drug-likeness (QED) is 0.536. The number of allylic oxidation sites excluding steroid dienone is 2. The molecule has 1 aliphatic rings. The van der Waals surface area contributed by atoms with Gasteiger partial charge in [-0.25, -0.2) is 4.79 Å². The molecular weight excluding hydrogens is 233 g/mol. The van der Waals surface area contributed by atoms with E-state index in [9.17, 15) is 4.79 Å². The van der Waals surface area contributed by atoms with Crippen molar-refractivity contribution in [3.8, 4) is 0 Å². The van der Waals surface area contributed by atoms with Gasteiger partial charge in [-0.05, 0) is 28.1 Å². The Morgan fingerprint density at radius 2 is 2.45 bits per heavy atom. The van der Waals surface area contributed by atoms with Crippen LogP contribution in [0, 0.1) is 0 Å². The number of carboxylic acids is 1. The number of dihydropyridines is 1. The van der Waals surface area contributed by atoms with Crippen LogP contribution in [0.2, 0.25) is 0 Å². The Morgan fingerprint density at radius 1 is 1.82 bits per heavy atom. The van der Waals surface area contributed by atoms with E-state index in [0.717, 1.165) is 4.48 Å². The molecule has 0 aromatic carbocycles. The van der Waals surface area contributed by atoms with Gasteiger partial charge < -0.3 is 10.4 Å². The van der Waals surface area contributed by atoms with E-state index in [1.807, 2.05) is 0 Å². The van der Waals surface area contributed by atoms with Gasteiger partial charge in [0, 0.05) is 10.7 Å². The van der Waals surface area contributed by atoms with Crippen LogP contribution in [0.5, 0.6) is 0 Å². The summed E-state index contributed by atoms with van der Waals surface area (Å²) in [4.78, 5) is 9.00. The standard InChI is InChI=1S/C6H5BrClNO2/c7-4-1-2-6(8,5(10)11)9-3-4/h1-3,9H,(H,10,11). The summed E-state index contributed by atoms with van der Waals surface area (Å²) in [5.41, 5.74) is 0. The molecule has 0 saturated carbocycles. The molecule has 0 aromatic heterocycles. The summed E-state index contributed by atoms with van der Waals surface area (Å²) < 4.78 is 0.759. The van der Waals surface area contributed by atoms with Gasteiger partial charge in [-0.3, -0.25) is 0 Å². The van der Waals surface area contributed by atoms with E-state index >= 15 is 0 Å². The van der Waals surface area contributed by atoms with Crippen molar-refractivity contribution in [2.45, 2.75) is 5.00 Å². The van der Waals surface area contributed by atoms with E-state index in [0.29, 0.717) is 0 Å². The minimum atomic E-state index is -1.49. The predicted molar refractivity (Wildman–Crippen MR) is 45.5 cm³/mol. The molecule has 2 N–H and O–H groups in total. The molecular formula is C6H5BrClNO2. The zero-order chi connectivity index (χ0) is 8.48. The Bertz CT molecular complexity index is 251. The van der Waals surface area contributed by atoms with Crippen molar-refractivity contribution < 1.29 is 9.90 Å². The maximum Gasteiger partial charge on any atom is 0.349 e. The van der Waals surface area contributed by atoms with Crippen molar-refractivity contribution >= 4 is 33.5 Å². The smallest absolute Gasteiger partial charge is 0.349 e. The van der Waals surface area contributed by atoms with Crippen LogP contribution in [0.1, 0.15) is 0 Å². The fourth-order valence-electron chi connectivity index (χ4n) is 0.598. The first-order valence-corrected chi connectivity index (χ1v) is 3.96. The second-order valence-corrected chi connectivity index (χ2v) is 3.54. The molecule has 0 aromatic rings. The summed E-state index contributed by atoms with van der Waals surface area (Å²) in [5, 5.41) is 11.1. The van der Waals surface area contributed by atoms with Crippen LogP contribution >= 0.6 is 27.5 Å². The third kappa shape index (κ3) is 1.75. The van der Waals surface area contributed by atoms with E-state index in [4.69, 9.17) is 16.7 Å². The molecule has 0 radical (unpaired) electrons. The molecule has 1 rings (SSSR count). The molecule has 60 valence electrons. The Hall–Kier alpha value is -0.480. The monoisotopic (exact) mass is 237 g/mol. The lowest BCUT2D eigenvalue weighted by Crippen LogP contribution is -2.43. The molecule has 1 aliphatic heterocycles. The number of carbonyl (C=O) groups is 1. The second kappa shape index (κ2) is 2.87. The number of halogens is 2.